The molecule has 3 nitrogen and oxygen atoms in total. The van der Waals surface area contributed by atoms with Crippen LogP contribution >= 0.6 is 0 Å². The summed E-state index contributed by atoms with van der Waals surface area (Å²) in [6.45, 7) is 3.99. The third kappa shape index (κ3) is 4.69. The van der Waals surface area contributed by atoms with Gasteiger partial charge in [0, 0.05) is 5.69 Å². The lowest BCUT2D eigenvalue weighted by molar-refractivity contribution is -0.112. The molecule has 0 saturated heterocycles. The SMILES string of the molecule is Cc1ccc(NC(=O)/C(C#N)=C/C=C/c2ccccc2)cc1C. The fourth-order valence-electron chi connectivity index (χ4n) is 2.00. The Hall–Kier alpha value is -3.12. The van der Waals surface area contributed by atoms with Gasteiger partial charge < -0.3 is 5.32 Å². The summed E-state index contributed by atoms with van der Waals surface area (Å²) in [6.07, 6.45) is 5.07. The Morgan fingerprint density at radius 3 is 2.48 bits per heavy atom. The van der Waals surface area contributed by atoms with Gasteiger partial charge in [0.1, 0.15) is 11.6 Å². The molecule has 0 spiro atoms. The quantitative estimate of drug-likeness (QED) is 0.517. The lowest BCUT2D eigenvalue weighted by atomic mass is 10.1. The van der Waals surface area contributed by atoms with E-state index in [0.717, 1.165) is 16.7 Å². The fraction of sp³-hybridized carbons (Fsp3) is 0.100. The van der Waals surface area contributed by atoms with Crippen molar-refractivity contribution in [2.24, 2.45) is 0 Å². The first-order valence-corrected chi connectivity index (χ1v) is 7.32. The highest BCUT2D eigenvalue weighted by Gasteiger charge is 2.08. The van der Waals surface area contributed by atoms with Crippen LogP contribution in [-0.2, 0) is 4.79 Å². The predicted molar refractivity (Wildman–Crippen MR) is 93.7 cm³/mol. The zero-order valence-corrected chi connectivity index (χ0v) is 13.2. The first-order valence-electron chi connectivity index (χ1n) is 7.32. The average Bonchev–Trinajstić information content (AvgIpc) is 2.56. The molecular formula is C20H18N2O. The minimum absolute atomic E-state index is 0.0652. The van der Waals surface area contributed by atoms with Gasteiger partial charge in [-0.15, -0.1) is 0 Å². The van der Waals surface area contributed by atoms with E-state index in [9.17, 15) is 4.79 Å². The van der Waals surface area contributed by atoms with Crippen molar-refractivity contribution in [2.75, 3.05) is 5.32 Å². The van der Waals surface area contributed by atoms with E-state index < -0.39 is 5.91 Å². The van der Waals surface area contributed by atoms with Crippen molar-refractivity contribution in [3.8, 4) is 6.07 Å². The van der Waals surface area contributed by atoms with Crippen LogP contribution < -0.4 is 5.32 Å². The topological polar surface area (TPSA) is 52.9 Å². The predicted octanol–water partition coefficient (Wildman–Crippen LogP) is 4.41. The van der Waals surface area contributed by atoms with Crippen LogP contribution in [0.5, 0.6) is 0 Å². The Balaban J connectivity index is 2.09. The Labute approximate surface area is 136 Å². The second-order valence-corrected chi connectivity index (χ2v) is 5.22. The summed E-state index contributed by atoms with van der Waals surface area (Å²) < 4.78 is 0. The number of allylic oxidation sites excluding steroid dienone is 2. The summed E-state index contributed by atoms with van der Waals surface area (Å²) in [4.78, 5) is 12.1. The van der Waals surface area contributed by atoms with Crippen molar-refractivity contribution >= 4 is 17.7 Å². The summed E-state index contributed by atoms with van der Waals surface area (Å²) in [7, 11) is 0. The minimum Gasteiger partial charge on any atom is -0.321 e. The summed E-state index contributed by atoms with van der Waals surface area (Å²) >= 11 is 0. The van der Waals surface area contributed by atoms with Gasteiger partial charge in [-0.1, -0.05) is 48.6 Å². The van der Waals surface area contributed by atoms with Crippen LogP contribution in [0.3, 0.4) is 0 Å². The molecule has 0 bridgehead atoms. The molecule has 0 saturated carbocycles. The number of carbonyl (C=O) groups excluding carboxylic acids is 1. The van der Waals surface area contributed by atoms with E-state index in [2.05, 4.69) is 5.32 Å². The molecule has 0 aliphatic heterocycles. The molecule has 23 heavy (non-hydrogen) atoms. The molecule has 1 N–H and O–H groups in total. The van der Waals surface area contributed by atoms with Crippen LogP contribution in [0.25, 0.3) is 6.08 Å². The van der Waals surface area contributed by atoms with Gasteiger partial charge in [0.05, 0.1) is 0 Å². The fourth-order valence-corrected chi connectivity index (χ4v) is 2.00. The summed E-state index contributed by atoms with van der Waals surface area (Å²) in [5, 5.41) is 11.9. The molecule has 0 heterocycles. The van der Waals surface area contributed by atoms with Gasteiger partial charge in [0.25, 0.3) is 5.91 Å². The molecule has 1 amide bonds. The maximum absolute atomic E-state index is 12.1. The highest BCUT2D eigenvalue weighted by molar-refractivity contribution is 6.06. The Bertz CT molecular complexity index is 796. The van der Waals surface area contributed by atoms with E-state index in [1.54, 1.807) is 6.08 Å². The summed E-state index contributed by atoms with van der Waals surface area (Å²) in [6, 6.07) is 17.3. The highest BCUT2D eigenvalue weighted by Crippen LogP contribution is 2.15. The van der Waals surface area contributed by atoms with Crippen LogP contribution in [0.15, 0.2) is 66.3 Å². The van der Waals surface area contributed by atoms with E-state index in [-0.39, 0.29) is 5.57 Å². The normalized spacial score (nSPS) is 11.3. The smallest absolute Gasteiger partial charge is 0.266 e. The molecule has 3 heteroatoms. The van der Waals surface area contributed by atoms with Gasteiger partial charge >= 0.3 is 0 Å². The average molecular weight is 302 g/mol. The van der Waals surface area contributed by atoms with E-state index in [1.807, 2.05) is 74.5 Å². The molecule has 0 unspecified atom stereocenters. The molecule has 0 aromatic heterocycles. The molecule has 0 aliphatic rings. The Morgan fingerprint density at radius 1 is 1.09 bits per heavy atom. The van der Waals surface area contributed by atoms with Gasteiger partial charge in [-0.2, -0.15) is 5.26 Å². The maximum atomic E-state index is 12.1. The van der Waals surface area contributed by atoms with Crippen molar-refractivity contribution in [3.63, 3.8) is 0 Å². The van der Waals surface area contributed by atoms with Crippen LogP contribution in [-0.4, -0.2) is 5.91 Å². The second kappa shape index (κ2) is 7.77. The highest BCUT2D eigenvalue weighted by atomic mass is 16.1. The number of aryl methyl sites for hydroxylation is 2. The standard InChI is InChI=1S/C20H18N2O/c1-15-11-12-19(13-16(15)2)22-20(23)18(14-21)10-6-9-17-7-4-3-5-8-17/h3-13H,1-2H3,(H,22,23)/b9-6+,18-10+. The summed E-state index contributed by atoms with van der Waals surface area (Å²) in [5.41, 5.74) is 4.01. The number of benzene rings is 2. The van der Waals surface area contributed by atoms with Crippen LogP contribution in [0.1, 0.15) is 16.7 Å². The second-order valence-electron chi connectivity index (χ2n) is 5.22. The number of anilines is 1. The first-order chi connectivity index (χ1) is 11.1. The van der Waals surface area contributed by atoms with E-state index >= 15 is 0 Å². The number of nitriles is 1. The molecular weight excluding hydrogens is 284 g/mol. The van der Waals surface area contributed by atoms with Gasteiger partial charge in [-0.3, -0.25) is 4.79 Å². The molecule has 2 aromatic carbocycles. The molecule has 0 fully saturated rings. The Kier molecular flexibility index (Phi) is 5.49. The number of hydrogen-bond acceptors (Lipinski definition) is 2. The molecule has 0 aliphatic carbocycles. The van der Waals surface area contributed by atoms with Gasteiger partial charge in [-0.25, -0.2) is 0 Å². The molecule has 0 radical (unpaired) electrons. The van der Waals surface area contributed by atoms with E-state index in [0.29, 0.717) is 5.69 Å². The maximum Gasteiger partial charge on any atom is 0.266 e. The van der Waals surface area contributed by atoms with Crippen LogP contribution in [0.2, 0.25) is 0 Å². The first kappa shape index (κ1) is 16.3. The van der Waals surface area contributed by atoms with Crippen molar-refractivity contribution in [3.05, 3.63) is 82.9 Å². The van der Waals surface area contributed by atoms with Crippen molar-refractivity contribution < 1.29 is 4.79 Å². The summed E-state index contributed by atoms with van der Waals surface area (Å²) in [5.74, 6) is -0.409. The zero-order valence-electron chi connectivity index (χ0n) is 13.2. The molecule has 2 aromatic rings. The largest absolute Gasteiger partial charge is 0.321 e. The van der Waals surface area contributed by atoms with Crippen molar-refractivity contribution in [1.29, 1.82) is 5.26 Å². The van der Waals surface area contributed by atoms with E-state index in [4.69, 9.17) is 5.26 Å². The number of carbonyl (C=O) groups is 1. The minimum atomic E-state index is -0.409. The Morgan fingerprint density at radius 2 is 1.83 bits per heavy atom. The third-order valence-electron chi connectivity index (χ3n) is 3.48. The number of amides is 1. The van der Waals surface area contributed by atoms with Crippen molar-refractivity contribution in [2.45, 2.75) is 13.8 Å². The van der Waals surface area contributed by atoms with Gasteiger partial charge in [0.15, 0.2) is 0 Å². The monoisotopic (exact) mass is 302 g/mol. The van der Waals surface area contributed by atoms with Crippen LogP contribution in [0.4, 0.5) is 5.69 Å². The molecule has 0 atom stereocenters. The number of rotatable bonds is 4. The molecule has 2 rings (SSSR count). The third-order valence-corrected chi connectivity index (χ3v) is 3.48. The van der Waals surface area contributed by atoms with E-state index in [1.165, 1.54) is 6.08 Å². The zero-order chi connectivity index (χ0) is 16.7. The number of nitrogens with zero attached hydrogens (tertiary/aromatic N) is 1. The number of nitrogens with one attached hydrogen (secondary N) is 1. The van der Waals surface area contributed by atoms with Crippen molar-refractivity contribution in [1.82, 2.24) is 0 Å². The van der Waals surface area contributed by atoms with Gasteiger partial charge in [0.2, 0.25) is 0 Å². The lowest BCUT2D eigenvalue weighted by Crippen LogP contribution is -2.13. The molecule has 114 valence electrons. The lowest BCUT2D eigenvalue weighted by Gasteiger charge is -2.06. The van der Waals surface area contributed by atoms with Gasteiger partial charge in [-0.05, 0) is 48.7 Å². The van der Waals surface area contributed by atoms with Crippen LogP contribution in [0, 0.1) is 25.2 Å². The number of hydrogen-bond donors (Lipinski definition) is 1.